The van der Waals surface area contributed by atoms with Gasteiger partial charge in [-0.1, -0.05) is 31.9 Å². The largest absolute Gasteiger partial charge is 0.479 e. The number of aliphatic carboxylic acids is 1. The molecule has 0 amide bonds. The van der Waals surface area contributed by atoms with Crippen LogP contribution in [0.5, 0.6) is 0 Å². The van der Waals surface area contributed by atoms with Gasteiger partial charge in [-0.3, -0.25) is 0 Å². The summed E-state index contributed by atoms with van der Waals surface area (Å²) in [6, 6.07) is 0. The predicted octanol–water partition coefficient (Wildman–Crippen LogP) is 2.22. The maximum Gasteiger partial charge on any atom is 0.332 e. The first-order valence-corrected chi connectivity index (χ1v) is 4.68. The molecule has 3 heteroatoms. The maximum atomic E-state index is 10.7. The van der Waals surface area contributed by atoms with Gasteiger partial charge < -0.3 is 9.84 Å². The Hall–Kier alpha value is -0.830. The molecular formula is C10H18O3. The molecule has 0 aliphatic carbocycles. The van der Waals surface area contributed by atoms with Crippen molar-refractivity contribution in [3.05, 3.63) is 12.2 Å². The van der Waals surface area contributed by atoms with E-state index in [1.54, 1.807) is 0 Å². The van der Waals surface area contributed by atoms with Crippen LogP contribution in [0.1, 0.15) is 33.1 Å². The first-order chi connectivity index (χ1) is 6.22. The van der Waals surface area contributed by atoms with Crippen LogP contribution in [0, 0.1) is 0 Å². The van der Waals surface area contributed by atoms with Crippen molar-refractivity contribution < 1.29 is 14.6 Å². The molecule has 0 aromatic carbocycles. The number of carboxylic acid groups (broad SMARTS) is 1. The molecule has 13 heavy (non-hydrogen) atoms. The van der Waals surface area contributed by atoms with Gasteiger partial charge in [-0.15, -0.1) is 0 Å². The molecule has 0 aromatic heterocycles. The fourth-order valence-corrected chi connectivity index (χ4v) is 0.936. The molecule has 3 nitrogen and oxygen atoms in total. The number of allylic oxidation sites excluding steroid dienone is 1. The van der Waals surface area contributed by atoms with Crippen LogP contribution in [0.15, 0.2) is 12.2 Å². The molecule has 0 spiro atoms. The van der Waals surface area contributed by atoms with E-state index in [-0.39, 0.29) is 0 Å². The SMILES string of the molecule is C/C=C/COC(CCCC)C(=O)O. The highest BCUT2D eigenvalue weighted by Gasteiger charge is 2.15. The van der Waals surface area contributed by atoms with Crippen LogP contribution in [0.2, 0.25) is 0 Å². The van der Waals surface area contributed by atoms with Crippen LogP contribution < -0.4 is 0 Å². The van der Waals surface area contributed by atoms with E-state index in [1.165, 1.54) is 0 Å². The Kier molecular flexibility index (Phi) is 7.30. The fraction of sp³-hybridized carbons (Fsp3) is 0.700. The van der Waals surface area contributed by atoms with E-state index < -0.39 is 12.1 Å². The smallest absolute Gasteiger partial charge is 0.332 e. The monoisotopic (exact) mass is 186 g/mol. The lowest BCUT2D eigenvalue weighted by atomic mass is 10.1. The average molecular weight is 186 g/mol. The number of unbranched alkanes of at least 4 members (excludes halogenated alkanes) is 1. The van der Waals surface area contributed by atoms with Crippen LogP contribution in [-0.2, 0) is 9.53 Å². The minimum Gasteiger partial charge on any atom is -0.479 e. The van der Waals surface area contributed by atoms with Gasteiger partial charge in [0.05, 0.1) is 6.61 Å². The molecule has 0 heterocycles. The zero-order valence-electron chi connectivity index (χ0n) is 8.32. The first kappa shape index (κ1) is 12.2. The van der Waals surface area contributed by atoms with Gasteiger partial charge in [0.15, 0.2) is 6.10 Å². The van der Waals surface area contributed by atoms with E-state index in [4.69, 9.17) is 9.84 Å². The Labute approximate surface area is 79.4 Å². The summed E-state index contributed by atoms with van der Waals surface area (Å²) < 4.78 is 5.16. The highest BCUT2D eigenvalue weighted by atomic mass is 16.5. The summed E-state index contributed by atoms with van der Waals surface area (Å²) in [4.78, 5) is 10.7. The maximum absolute atomic E-state index is 10.7. The molecule has 0 aliphatic heterocycles. The summed E-state index contributed by atoms with van der Waals surface area (Å²) in [5.41, 5.74) is 0. The lowest BCUT2D eigenvalue weighted by Gasteiger charge is -2.11. The molecule has 1 atom stereocenters. The van der Waals surface area contributed by atoms with Gasteiger partial charge in [-0.2, -0.15) is 0 Å². The van der Waals surface area contributed by atoms with Crippen molar-refractivity contribution in [1.82, 2.24) is 0 Å². The fourth-order valence-electron chi connectivity index (χ4n) is 0.936. The standard InChI is InChI=1S/C10H18O3/c1-3-5-7-9(10(11)12)13-8-6-4-2/h4,6,9H,3,5,7-8H2,1-2H3,(H,11,12)/b6-4+. The van der Waals surface area contributed by atoms with E-state index in [0.29, 0.717) is 13.0 Å². The lowest BCUT2D eigenvalue weighted by Crippen LogP contribution is -2.23. The topological polar surface area (TPSA) is 46.5 Å². The minimum atomic E-state index is -0.863. The number of carbonyl (C=O) groups is 1. The van der Waals surface area contributed by atoms with Crippen molar-refractivity contribution in [2.75, 3.05) is 6.61 Å². The molecule has 0 fully saturated rings. The summed E-state index contributed by atoms with van der Waals surface area (Å²) in [5.74, 6) is -0.863. The van der Waals surface area contributed by atoms with E-state index in [9.17, 15) is 4.79 Å². The zero-order chi connectivity index (χ0) is 10.1. The Morgan fingerprint density at radius 2 is 2.31 bits per heavy atom. The first-order valence-electron chi connectivity index (χ1n) is 4.68. The normalized spacial score (nSPS) is 13.4. The summed E-state index contributed by atoms with van der Waals surface area (Å²) in [6.45, 7) is 4.30. The van der Waals surface area contributed by atoms with Crippen LogP contribution in [0.4, 0.5) is 0 Å². The minimum absolute atomic E-state index is 0.386. The molecule has 0 bridgehead atoms. The number of hydrogen-bond acceptors (Lipinski definition) is 2. The summed E-state index contributed by atoms with van der Waals surface area (Å²) in [6.07, 6.45) is 5.50. The predicted molar refractivity (Wildman–Crippen MR) is 51.7 cm³/mol. The summed E-state index contributed by atoms with van der Waals surface area (Å²) >= 11 is 0. The third-order valence-corrected chi connectivity index (χ3v) is 1.72. The Balaban J connectivity index is 3.73. The highest BCUT2D eigenvalue weighted by Crippen LogP contribution is 2.05. The van der Waals surface area contributed by atoms with Gasteiger partial charge in [0, 0.05) is 0 Å². The van der Waals surface area contributed by atoms with Gasteiger partial charge in [0.25, 0.3) is 0 Å². The lowest BCUT2D eigenvalue weighted by molar-refractivity contribution is -0.150. The molecule has 0 radical (unpaired) electrons. The number of hydrogen-bond donors (Lipinski definition) is 1. The number of rotatable bonds is 7. The number of ether oxygens (including phenoxy) is 1. The number of carboxylic acids is 1. The van der Waals surface area contributed by atoms with Crippen molar-refractivity contribution >= 4 is 5.97 Å². The van der Waals surface area contributed by atoms with Crippen molar-refractivity contribution in [2.45, 2.75) is 39.2 Å². The second kappa shape index (κ2) is 7.80. The second-order valence-corrected chi connectivity index (χ2v) is 2.87. The quantitative estimate of drug-likeness (QED) is 0.620. The van der Waals surface area contributed by atoms with E-state index in [2.05, 4.69) is 0 Å². The molecule has 0 aliphatic rings. The average Bonchev–Trinajstić information content (AvgIpc) is 2.10. The van der Waals surface area contributed by atoms with Crippen molar-refractivity contribution in [3.8, 4) is 0 Å². The van der Waals surface area contributed by atoms with Gasteiger partial charge in [-0.05, 0) is 13.3 Å². The molecule has 1 N–H and O–H groups in total. The van der Waals surface area contributed by atoms with Gasteiger partial charge in [-0.25, -0.2) is 4.79 Å². The van der Waals surface area contributed by atoms with Gasteiger partial charge in [0.1, 0.15) is 0 Å². The molecule has 0 saturated carbocycles. The highest BCUT2D eigenvalue weighted by molar-refractivity contribution is 5.72. The Morgan fingerprint density at radius 3 is 2.77 bits per heavy atom. The van der Waals surface area contributed by atoms with Crippen molar-refractivity contribution in [1.29, 1.82) is 0 Å². The second-order valence-electron chi connectivity index (χ2n) is 2.87. The van der Waals surface area contributed by atoms with E-state index in [0.717, 1.165) is 12.8 Å². The van der Waals surface area contributed by atoms with Crippen molar-refractivity contribution in [2.24, 2.45) is 0 Å². The third kappa shape index (κ3) is 6.34. The van der Waals surface area contributed by atoms with Crippen LogP contribution in [-0.4, -0.2) is 23.8 Å². The molecule has 0 rings (SSSR count). The molecule has 0 aromatic rings. The van der Waals surface area contributed by atoms with Crippen LogP contribution >= 0.6 is 0 Å². The summed E-state index contributed by atoms with van der Waals surface area (Å²) in [7, 11) is 0. The van der Waals surface area contributed by atoms with Gasteiger partial charge >= 0.3 is 5.97 Å². The molecular weight excluding hydrogens is 168 g/mol. The summed E-state index contributed by atoms with van der Waals surface area (Å²) in [5, 5.41) is 8.75. The Morgan fingerprint density at radius 1 is 1.62 bits per heavy atom. The van der Waals surface area contributed by atoms with E-state index >= 15 is 0 Å². The van der Waals surface area contributed by atoms with Crippen LogP contribution in [0.3, 0.4) is 0 Å². The molecule has 0 saturated heterocycles. The third-order valence-electron chi connectivity index (χ3n) is 1.72. The zero-order valence-corrected chi connectivity index (χ0v) is 8.32. The van der Waals surface area contributed by atoms with Crippen LogP contribution in [0.25, 0.3) is 0 Å². The van der Waals surface area contributed by atoms with Crippen molar-refractivity contribution in [3.63, 3.8) is 0 Å². The van der Waals surface area contributed by atoms with E-state index in [1.807, 2.05) is 26.0 Å². The van der Waals surface area contributed by atoms with Gasteiger partial charge in [0.2, 0.25) is 0 Å². The molecule has 76 valence electrons. The molecule has 1 unspecified atom stereocenters. The Bertz CT molecular complexity index is 164.